The predicted molar refractivity (Wildman–Crippen MR) is 111 cm³/mol. The van der Waals surface area contributed by atoms with E-state index in [1.165, 1.54) is 16.7 Å². The van der Waals surface area contributed by atoms with E-state index in [4.69, 9.17) is 21.4 Å². The van der Waals surface area contributed by atoms with Crippen LogP contribution < -0.4 is 10.1 Å². The second-order valence-corrected chi connectivity index (χ2v) is 7.52. The van der Waals surface area contributed by atoms with Crippen LogP contribution in [-0.2, 0) is 6.42 Å². The van der Waals surface area contributed by atoms with Crippen molar-refractivity contribution in [1.29, 1.82) is 0 Å². The number of fused-ring (bicyclic) bond motifs is 1. The molecule has 0 radical (unpaired) electrons. The van der Waals surface area contributed by atoms with Crippen LogP contribution in [0.25, 0.3) is 16.9 Å². The topological polar surface area (TPSA) is 39.1 Å². The number of ether oxygens (including phenoxy) is 1. The molecule has 1 aromatic heterocycles. The number of nitrogens with zero attached hydrogens (tertiary/aromatic N) is 2. The number of methoxy groups -OCH3 is 1. The molecule has 5 heteroatoms. The lowest BCUT2D eigenvalue weighted by atomic mass is 10.0. The SMILES string of the molecule is COc1ccc(Cl)cc1-c1nn(-c2ccc(C)c(C)c2)c2c1CCCCN2. The zero-order valence-corrected chi connectivity index (χ0v) is 16.7. The van der Waals surface area contributed by atoms with Gasteiger partial charge in [0, 0.05) is 22.7 Å². The van der Waals surface area contributed by atoms with Crippen molar-refractivity contribution >= 4 is 17.4 Å². The lowest BCUT2D eigenvalue weighted by Gasteiger charge is -2.10. The van der Waals surface area contributed by atoms with Crippen molar-refractivity contribution in [2.24, 2.45) is 0 Å². The van der Waals surface area contributed by atoms with E-state index in [-0.39, 0.29) is 0 Å². The molecule has 0 spiro atoms. The van der Waals surface area contributed by atoms with Crippen molar-refractivity contribution in [3.63, 3.8) is 0 Å². The molecule has 3 aromatic rings. The summed E-state index contributed by atoms with van der Waals surface area (Å²) in [5.74, 6) is 1.86. The smallest absolute Gasteiger partial charge is 0.133 e. The van der Waals surface area contributed by atoms with Gasteiger partial charge in [0.25, 0.3) is 0 Å². The second-order valence-electron chi connectivity index (χ2n) is 7.08. The first-order valence-corrected chi connectivity index (χ1v) is 9.73. The summed E-state index contributed by atoms with van der Waals surface area (Å²) in [5.41, 5.74) is 6.71. The van der Waals surface area contributed by atoms with E-state index in [9.17, 15) is 0 Å². The maximum Gasteiger partial charge on any atom is 0.133 e. The average Bonchev–Trinajstić information content (AvgIpc) is 2.85. The fourth-order valence-corrected chi connectivity index (χ4v) is 3.80. The molecule has 2 aromatic carbocycles. The largest absolute Gasteiger partial charge is 0.496 e. The zero-order chi connectivity index (χ0) is 19.0. The monoisotopic (exact) mass is 381 g/mol. The zero-order valence-electron chi connectivity index (χ0n) is 16.0. The van der Waals surface area contributed by atoms with E-state index in [2.05, 4.69) is 37.4 Å². The molecule has 0 saturated carbocycles. The molecule has 4 nitrogen and oxygen atoms in total. The van der Waals surface area contributed by atoms with Gasteiger partial charge in [0.1, 0.15) is 17.3 Å². The van der Waals surface area contributed by atoms with E-state index in [1.807, 2.05) is 22.9 Å². The highest BCUT2D eigenvalue weighted by Crippen LogP contribution is 2.39. The molecule has 140 valence electrons. The summed E-state index contributed by atoms with van der Waals surface area (Å²) in [5, 5.41) is 9.29. The van der Waals surface area contributed by atoms with E-state index in [0.717, 1.165) is 54.3 Å². The van der Waals surface area contributed by atoms with E-state index >= 15 is 0 Å². The normalized spacial score (nSPS) is 13.6. The van der Waals surface area contributed by atoms with Gasteiger partial charge in [-0.25, -0.2) is 4.68 Å². The number of rotatable bonds is 3. The first-order chi connectivity index (χ1) is 13.1. The number of anilines is 1. The molecule has 0 bridgehead atoms. The quantitative estimate of drug-likeness (QED) is 0.644. The lowest BCUT2D eigenvalue weighted by molar-refractivity contribution is 0.416. The molecule has 2 heterocycles. The Balaban J connectivity index is 1.95. The van der Waals surface area contributed by atoms with Crippen molar-refractivity contribution in [2.45, 2.75) is 33.1 Å². The molecule has 1 aliphatic heterocycles. The Morgan fingerprint density at radius 3 is 2.70 bits per heavy atom. The number of nitrogens with one attached hydrogen (secondary N) is 1. The fourth-order valence-electron chi connectivity index (χ4n) is 3.63. The van der Waals surface area contributed by atoms with Crippen LogP contribution in [0.5, 0.6) is 5.75 Å². The minimum atomic E-state index is 0.682. The molecule has 0 saturated heterocycles. The molecule has 0 aliphatic carbocycles. The van der Waals surface area contributed by atoms with Gasteiger partial charge in [0.15, 0.2) is 0 Å². The van der Waals surface area contributed by atoms with Gasteiger partial charge >= 0.3 is 0 Å². The highest BCUT2D eigenvalue weighted by molar-refractivity contribution is 6.31. The maximum absolute atomic E-state index is 6.30. The molecule has 0 unspecified atom stereocenters. The summed E-state index contributed by atoms with van der Waals surface area (Å²) in [7, 11) is 1.68. The van der Waals surface area contributed by atoms with E-state index in [0.29, 0.717) is 5.02 Å². The van der Waals surface area contributed by atoms with Crippen molar-refractivity contribution in [2.75, 3.05) is 19.0 Å². The Labute approximate surface area is 165 Å². The maximum atomic E-state index is 6.30. The fraction of sp³-hybridized carbons (Fsp3) is 0.318. The summed E-state index contributed by atoms with van der Waals surface area (Å²) in [6, 6.07) is 12.2. The van der Waals surface area contributed by atoms with E-state index < -0.39 is 0 Å². The molecule has 0 fully saturated rings. The summed E-state index contributed by atoms with van der Waals surface area (Å²) < 4.78 is 7.63. The van der Waals surface area contributed by atoms with Gasteiger partial charge in [-0.1, -0.05) is 17.7 Å². The number of aromatic nitrogens is 2. The van der Waals surface area contributed by atoms with Gasteiger partial charge in [-0.05, 0) is 74.6 Å². The summed E-state index contributed by atoms with van der Waals surface area (Å²) in [6.45, 7) is 5.22. The van der Waals surface area contributed by atoms with Crippen molar-refractivity contribution < 1.29 is 4.74 Å². The van der Waals surface area contributed by atoms with Crippen molar-refractivity contribution in [3.8, 4) is 22.7 Å². The van der Waals surface area contributed by atoms with Gasteiger partial charge in [-0.3, -0.25) is 0 Å². The van der Waals surface area contributed by atoms with Crippen molar-refractivity contribution in [3.05, 3.63) is 58.1 Å². The van der Waals surface area contributed by atoms with Crippen LogP contribution in [0.2, 0.25) is 5.02 Å². The third-order valence-electron chi connectivity index (χ3n) is 5.28. The van der Waals surface area contributed by atoms with Gasteiger partial charge in [-0.2, -0.15) is 5.10 Å². The molecule has 0 amide bonds. The Morgan fingerprint density at radius 1 is 1.07 bits per heavy atom. The first kappa shape index (κ1) is 17.9. The standard InChI is InChI=1S/C22H24ClN3O/c1-14-7-9-17(12-15(14)2)26-22-18(6-4-5-11-24-22)21(25-26)19-13-16(23)8-10-20(19)27-3/h7-10,12-13,24H,4-6,11H2,1-3H3. The van der Waals surface area contributed by atoms with Crippen LogP contribution in [0.4, 0.5) is 5.82 Å². The minimum Gasteiger partial charge on any atom is -0.496 e. The van der Waals surface area contributed by atoms with Gasteiger partial charge in [0.05, 0.1) is 12.8 Å². The Bertz CT molecular complexity index is 993. The van der Waals surface area contributed by atoms with Gasteiger partial charge < -0.3 is 10.1 Å². The third kappa shape index (κ3) is 3.30. The van der Waals surface area contributed by atoms with Crippen LogP contribution in [0.1, 0.15) is 29.5 Å². The summed E-state index contributed by atoms with van der Waals surface area (Å²) >= 11 is 6.30. The summed E-state index contributed by atoms with van der Waals surface area (Å²) in [6.07, 6.45) is 3.26. The van der Waals surface area contributed by atoms with Crippen LogP contribution >= 0.6 is 11.6 Å². The number of halogens is 1. The minimum absolute atomic E-state index is 0.682. The molecular weight excluding hydrogens is 358 g/mol. The molecule has 1 N–H and O–H groups in total. The Morgan fingerprint density at radius 2 is 1.93 bits per heavy atom. The summed E-state index contributed by atoms with van der Waals surface area (Å²) in [4.78, 5) is 0. The molecule has 0 atom stereocenters. The Kier molecular flexibility index (Phi) is 4.83. The average molecular weight is 382 g/mol. The first-order valence-electron chi connectivity index (χ1n) is 9.36. The van der Waals surface area contributed by atoms with Gasteiger partial charge in [-0.15, -0.1) is 0 Å². The van der Waals surface area contributed by atoms with Crippen LogP contribution in [0, 0.1) is 13.8 Å². The molecule has 1 aliphatic rings. The van der Waals surface area contributed by atoms with Crippen molar-refractivity contribution in [1.82, 2.24) is 9.78 Å². The number of aryl methyl sites for hydroxylation is 2. The van der Waals surface area contributed by atoms with Crippen LogP contribution in [0.15, 0.2) is 36.4 Å². The van der Waals surface area contributed by atoms with Gasteiger partial charge in [0.2, 0.25) is 0 Å². The molecule has 4 rings (SSSR count). The van der Waals surface area contributed by atoms with Crippen LogP contribution in [0.3, 0.4) is 0 Å². The lowest BCUT2D eigenvalue weighted by Crippen LogP contribution is -2.07. The Hall–Kier alpha value is -2.46. The second kappa shape index (κ2) is 7.28. The molecule has 27 heavy (non-hydrogen) atoms. The van der Waals surface area contributed by atoms with E-state index in [1.54, 1.807) is 7.11 Å². The molecular formula is C22H24ClN3O. The highest BCUT2D eigenvalue weighted by atomic mass is 35.5. The van der Waals surface area contributed by atoms with Crippen LogP contribution in [-0.4, -0.2) is 23.4 Å². The number of hydrogen-bond donors (Lipinski definition) is 1. The number of benzene rings is 2. The highest BCUT2D eigenvalue weighted by Gasteiger charge is 2.24. The third-order valence-corrected chi connectivity index (χ3v) is 5.52. The predicted octanol–water partition coefficient (Wildman–Crippen LogP) is 5.57. The number of hydrogen-bond acceptors (Lipinski definition) is 3.